The van der Waals surface area contributed by atoms with Crippen LogP contribution in [0.5, 0.6) is 0 Å². The predicted molar refractivity (Wildman–Crippen MR) is 82.4 cm³/mol. The van der Waals surface area contributed by atoms with E-state index in [2.05, 4.69) is 61.7 Å². The lowest BCUT2D eigenvalue weighted by molar-refractivity contribution is 0.615. The molecule has 0 saturated carbocycles. The summed E-state index contributed by atoms with van der Waals surface area (Å²) in [6.07, 6.45) is 0.990. The SMILES string of the molecule is CC[C@@H](N)c1ccccc1N1CCSC(C)C1C. The van der Waals surface area contributed by atoms with Crippen LogP contribution in [-0.4, -0.2) is 23.6 Å². The lowest BCUT2D eigenvalue weighted by Crippen LogP contribution is -2.45. The molecular formula is C15H24N2S. The number of benzene rings is 1. The van der Waals surface area contributed by atoms with Crippen LogP contribution in [0.4, 0.5) is 5.69 Å². The van der Waals surface area contributed by atoms with Gasteiger partial charge >= 0.3 is 0 Å². The molecular weight excluding hydrogens is 240 g/mol. The number of hydrogen-bond acceptors (Lipinski definition) is 3. The average Bonchev–Trinajstić information content (AvgIpc) is 2.41. The average molecular weight is 264 g/mol. The van der Waals surface area contributed by atoms with E-state index < -0.39 is 0 Å². The Morgan fingerprint density at radius 1 is 1.39 bits per heavy atom. The molecule has 3 atom stereocenters. The maximum Gasteiger partial charge on any atom is 0.0417 e. The minimum Gasteiger partial charge on any atom is -0.367 e. The van der Waals surface area contributed by atoms with Crippen molar-refractivity contribution in [2.75, 3.05) is 17.2 Å². The molecule has 0 radical (unpaired) electrons. The van der Waals surface area contributed by atoms with Gasteiger partial charge in [-0.1, -0.05) is 32.0 Å². The molecule has 2 rings (SSSR count). The van der Waals surface area contributed by atoms with Gasteiger partial charge < -0.3 is 10.6 Å². The van der Waals surface area contributed by atoms with Crippen LogP contribution >= 0.6 is 11.8 Å². The van der Waals surface area contributed by atoms with Crippen LogP contribution in [0, 0.1) is 0 Å². The maximum absolute atomic E-state index is 6.25. The largest absolute Gasteiger partial charge is 0.367 e. The molecule has 0 amide bonds. The van der Waals surface area contributed by atoms with Crippen molar-refractivity contribution < 1.29 is 0 Å². The molecule has 0 spiro atoms. The van der Waals surface area contributed by atoms with E-state index in [1.165, 1.54) is 17.0 Å². The number of hydrogen-bond donors (Lipinski definition) is 1. The maximum atomic E-state index is 6.25. The van der Waals surface area contributed by atoms with Crippen molar-refractivity contribution >= 4 is 17.4 Å². The van der Waals surface area contributed by atoms with E-state index in [9.17, 15) is 0 Å². The Bertz CT molecular complexity index is 394. The monoisotopic (exact) mass is 264 g/mol. The minimum atomic E-state index is 0.151. The highest BCUT2D eigenvalue weighted by Crippen LogP contribution is 2.33. The topological polar surface area (TPSA) is 29.3 Å². The van der Waals surface area contributed by atoms with Crippen molar-refractivity contribution in [1.82, 2.24) is 0 Å². The normalized spacial score (nSPS) is 26.1. The summed E-state index contributed by atoms with van der Waals surface area (Å²) in [5.41, 5.74) is 8.89. The Balaban J connectivity index is 2.32. The van der Waals surface area contributed by atoms with E-state index in [0.29, 0.717) is 11.3 Å². The summed E-state index contributed by atoms with van der Waals surface area (Å²) in [7, 11) is 0. The van der Waals surface area contributed by atoms with Crippen molar-refractivity contribution in [2.24, 2.45) is 5.73 Å². The summed E-state index contributed by atoms with van der Waals surface area (Å²) in [5, 5.41) is 0.685. The van der Waals surface area contributed by atoms with Crippen LogP contribution in [0.3, 0.4) is 0 Å². The second-order valence-corrected chi connectivity index (χ2v) is 6.57. The van der Waals surface area contributed by atoms with Gasteiger partial charge in [0.2, 0.25) is 0 Å². The molecule has 1 aliphatic heterocycles. The molecule has 2 nitrogen and oxygen atoms in total. The second-order valence-electron chi connectivity index (χ2n) is 5.08. The van der Waals surface area contributed by atoms with Crippen LogP contribution in [0.1, 0.15) is 38.8 Å². The van der Waals surface area contributed by atoms with Crippen LogP contribution in [-0.2, 0) is 0 Å². The molecule has 0 bridgehead atoms. The Morgan fingerprint density at radius 2 is 2.11 bits per heavy atom. The zero-order chi connectivity index (χ0) is 13.1. The second kappa shape index (κ2) is 5.98. The molecule has 1 saturated heterocycles. The highest BCUT2D eigenvalue weighted by molar-refractivity contribution is 8.00. The molecule has 18 heavy (non-hydrogen) atoms. The third-order valence-electron chi connectivity index (χ3n) is 3.97. The van der Waals surface area contributed by atoms with Gasteiger partial charge in [0.25, 0.3) is 0 Å². The molecule has 100 valence electrons. The molecule has 2 unspecified atom stereocenters. The predicted octanol–water partition coefficient (Wildman–Crippen LogP) is 3.43. The minimum absolute atomic E-state index is 0.151. The summed E-state index contributed by atoms with van der Waals surface area (Å²) >= 11 is 2.07. The van der Waals surface area contributed by atoms with Crippen molar-refractivity contribution in [3.63, 3.8) is 0 Å². The zero-order valence-corrected chi connectivity index (χ0v) is 12.4. The van der Waals surface area contributed by atoms with Gasteiger partial charge in [-0.25, -0.2) is 0 Å². The van der Waals surface area contributed by atoms with E-state index >= 15 is 0 Å². The van der Waals surface area contributed by atoms with Crippen LogP contribution < -0.4 is 10.6 Å². The standard InChI is InChI=1S/C15H24N2S/c1-4-14(16)13-7-5-6-8-15(13)17-9-10-18-12(3)11(17)2/h5-8,11-12,14H,4,9-10,16H2,1-3H3/t11?,12?,14-/m1/s1. The van der Waals surface area contributed by atoms with Gasteiger partial charge in [0.05, 0.1) is 0 Å². The van der Waals surface area contributed by atoms with E-state index in [4.69, 9.17) is 5.73 Å². The van der Waals surface area contributed by atoms with E-state index in [1.807, 2.05) is 0 Å². The Morgan fingerprint density at radius 3 is 2.83 bits per heavy atom. The molecule has 0 aromatic heterocycles. The lowest BCUT2D eigenvalue weighted by atomic mass is 10.0. The third kappa shape index (κ3) is 2.67. The van der Waals surface area contributed by atoms with E-state index in [0.717, 1.165) is 13.0 Å². The quantitative estimate of drug-likeness (QED) is 0.907. The highest BCUT2D eigenvalue weighted by Gasteiger charge is 2.27. The lowest BCUT2D eigenvalue weighted by Gasteiger charge is -2.40. The van der Waals surface area contributed by atoms with E-state index in [1.54, 1.807) is 0 Å². The van der Waals surface area contributed by atoms with Gasteiger partial charge in [-0.05, 0) is 25.0 Å². The summed E-state index contributed by atoms with van der Waals surface area (Å²) in [6, 6.07) is 9.36. The van der Waals surface area contributed by atoms with Crippen LogP contribution in [0.15, 0.2) is 24.3 Å². The van der Waals surface area contributed by atoms with Crippen LogP contribution in [0.25, 0.3) is 0 Å². The smallest absolute Gasteiger partial charge is 0.0417 e. The van der Waals surface area contributed by atoms with Gasteiger partial charge in [0.15, 0.2) is 0 Å². The number of rotatable bonds is 3. The number of para-hydroxylation sites is 1. The highest BCUT2D eigenvalue weighted by atomic mass is 32.2. The molecule has 1 fully saturated rings. The first kappa shape index (κ1) is 13.8. The molecule has 1 aliphatic rings. The first-order valence-electron chi connectivity index (χ1n) is 6.88. The third-order valence-corrected chi connectivity index (χ3v) is 5.31. The molecule has 1 aromatic rings. The Kier molecular flexibility index (Phi) is 4.57. The van der Waals surface area contributed by atoms with Gasteiger partial charge in [-0.15, -0.1) is 0 Å². The molecule has 1 aromatic carbocycles. The molecule has 1 heterocycles. The molecule has 3 heteroatoms. The fraction of sp³-hybridized carbons (Fsp3) is 0.600. The first-order valence-corrected chi connectivity index (χ1v) is 7.92. The zero-order valence-electron chi connectivity index (χ0n) is 11.6. The Labute approximate surface area is 115 Å². The van der Waals surface area contributed by atoms with E-state index in [-0.39, 0.29) is 6.04 Å². The fourth-order valence-corrected chi connectivity index (χ4v) is 3.65. The van der Waals surface area contributed by atoms with Crippen LogP contribution in [0.2, 0.25) is 0 Å². The number of anilines is 1. The summed E-state index contributed by atoms with van der Waals surface area (Å²) in [6.45, 7) is 7.93. The van der Waals surface area contributed by atoms with Crippen molar-refractivity contribution in [2.45, 2.75) is 44.5 Å². The number of nitrogens with two attached hydrogens (primary N) is 1. The van der Waals surface area contributed by atoms with Gasteiger partial charge in [0, 0.05) is 35.3 Å². The Hall–Kier alpha value is -0.670. The van der Waals surface area contributed by atoms with Crippen molar-refractivity contribution in [3.8, 4) is 0 Å². The van der Waals surface area contributed by atoms with Gasteiger partial charge in [-0.2, -0.15) is 11.8 Å². The van der Waals surface area contributed by atoms with Crippen molar-refractivity contribution in [1.29, 1.82) is 0 Å². The summed E-state index contributed by atoms with van der Waals surface area (Å²) < 4.78 is 0. The fourth-order valence-electron chi connectivity index (χ4n) is 2.56. The number of thioether (sulfide) groups is 1. The van der Waals surface area contributed by atoms with Crippen molar-refractivity contribution in [3.05, 3.63) is 29.8 Å². The summed E-state index contributed by atoms with van der Waals surface area (Å²) in [5.74, 6) is 1.21. The van der Waals surface area contributed by atoms with Gasteiger partial charge in [0.1, 0.15) is 0 Å². The summed E-state index contributed by atoms with van der Waals surface area (Å²) in [4.78, 5) is 2.53. The first-order chi connectivity index (χ1) is 8.65. The number of nitrogens with zero attached hydrogens (tertiary/aromatic N) is 1. The molecule has 2 N–H and O–H groups in total. The molecule has 0 aliphatic carbocycles. The van der Waals surface area contributed by atoms with Gasteiger partial charge in [-0.3, -0.25) is 0 Å².